The van der Waals surface area contributed by atoms with Crippen LogP contribution >= 0.6 is 0 Å². The Kier molecular flexibility index (Phi) is 4.61. The number of aliphatic hydroxyl groups excluding tert-OH is 1. The highest BCUT2D eigenvalue weighted by molar-refractivity contribution is 5.33. The van der Waals surface area contributed by atoms with E-state index >= 15 is 0 Å². The fourth-order valence-electron chi connectivity index (χ4n) is 2.73. The molecule has 0 spiro atoms. The Balaban J connectivity index is 1.96. The van der Waals surface area contributed by atoms with Crippen LogP contribution in [0, 0.1) is 0 Å². The average molecular weight is 249 g/mol. The predicted octanol–water partition coefficient (Wildman–Crippen LogP) is 2.43. The van der Waals surface area contributed by atoms with Gasteiger partial charge in [-0.3, -0.25) is 4.90 Å². The van der Waals surface area contributed by atoms with E-state index < -0.39 is 0 Å². The van der Waals surface area contributed by atoms with Crippen molar-refractivity contribution in [2.45, 2.75) is 44.4 Å². The maximum absolute atomic E-state index is 9.54. The van der Waals surface area contributed by atoms with Gasteiger partial charge in [-0.05, 0) is 38.8 Å². The molecule has 1 aliphatic carbocycles. The van der Waals surface area contributed by atoms with Crippen LogP contribution in [-0.2, 0) is 6.54 Å². The monoisotopic (exact) mass is 249 g/mol. The number of rotatable bonds is 4. The number of nitrogens with zero attached hydrogens (tertiary/aromatic N) is 1. The van der Waals surface area contributed by atoms with E-state index in [0.29, 0.717) is 6.04 Å². The van der Waals surface area contributed by atoms with E-state index in [0.717, 1.165) is 38.0 Å². The molecule has 0 bridgehead atoms. The summed E-state index contributed by atoms with van der Waals surface area (Å²) < 4.78 is 5.38. The zero-order valence-electron chi connectivity index (χ0n) is 11.3. The maximum atomic E-state index is 9.54. The van der Waals surface area contributed by atoms with E-state index in [1.807, 2.05) is 12.1 Å². The van der Waals surface area contributed by atoms with Gasteiger partial charge in [-0.2, -0.15) is 0 Å². The van der Waals surface area contributed by atoms with Crippen LogP contribution in [-0.4, -0.2) is 36.3 Å². The second-order valence-corrected chi connectivity index (χ2v) is 5.19. The van der Waals surface area contributed by atoms with E-state index in [4.69, 9.17) is 4.74 Å². The third kappa shape index (κ3) is 3.24. The normalized spacial score (nSPS) is 24.2. The topological polar surface area (TPSA) is 32.7 Å². The van der Waals surface area contributed by atoms with Gasteiger partial charge in [0.15, 0.2) is 0 Å². The van der Waals surface area contributed by atoms with Gasteiger partial charge in [0.1, 0.15) is 5.75 Å². The first-order chi connectivity index (χ1) is 8.70. The van der Waals surface area contributed by atoms with Crippen molar-refractivity contribution in [1.29, 1.82) is 0 Å². The van der Waals surface area contributed by atoms with Crippen LogP contribution in [0.2, 0.25) is 0 Å². The van der Waals surface area contributed by atoms with Crippen LogP contribution in [0.5, 0.6) is 5.75 Å². The second-order valence-electron chi connectivity index (χ2n) is 5.19. The van der Waals surface area contributed by atoms with Crippen LogP contribution in [0.1, 0.15) is 31.2 Å². The smallest absolute Gasteiger partial charge is 0.123 e. The predicted molar refractivity (Wildman–Crippen MR) is 72.7 cm³/mol. The fourth-order valence-corrected chi connectivity index (χ4v) is 2.73. The lowest BCUT2D eigenvalue weighted by Gasteiger charge is -2.33. The first-order valence-corrected chi connectivity index (χ1v) is 6.71. The van der Waals surface area contributed by atoms with Crippen molar-refractivity contribution in [3.8, 4) is 5.75 Å². The van der Waals surface area contributed by atoms with Gasteiger partial charge >= 0.3 is 0 Å². The molecule has 2 rings (SSSR count). The minimum absolute atomic E-state index is 0.0825. The lowest BCUT2D eigenvalue weighted by Crippen LogP contribution is -2.35. The number of benzene rings is 1. The summed E-state index contributed by atoms with van der Waals surface area (Å²) >= 11 is 0. The summed E-state index contributed by atoms with van der Waals surface area (Å²) in [6.07, 6.45) is 3.96. The van der Waals surface area contributed by atoms with Crippen molar-refractivity contribution in [1.82, 2.24) is 4.90 Å². The van der Waals surface area contributed by atoms with Crippen LogP contribution < -0.4 is 4.74 Å². The molecule has 0 aromatic heterocycles. The number of hydrogen-bond donors (Lipinski definition) is 1. The second kappa shape index (κ2) is 6.21. The summed E-state index contributed by atoms with van der Waals surface area (Å²) in [6.45, 7) is 0.908. The third-order valence-corrected chi connectivity index (χ3v) is 3.90. The molecule has 0 aliphatic heterocycles. The Labute approximate surface area is 109 Å². The summed E-state index contributed by atoms with van der Waals surface area (Å²) in [5, 5.41) is 9.54. The van der Waals surface area contributed by atoms with Crippen molar-refractivity contribution in [2.75, 3.05) is 14.2 Å². The average Bonchev–Trinajstić information content (AvgIpc) is 2.40. The number of ether oxygens (including phenoxy) is 1. The summed E-state index contributed by atoms with van der Waals surface area (Å²) in [5.41, 5.74) is 1.23. The highest BCUT2D eigenvalue weighted by Gasteiger charge is 2.23. The summed E-state index contributed by atoms with van der Waals surface area (Å²) in [5.74, 6) is 0.959. The SMILES string of the molecule is COc1ccccc1CN(C)C1CCC(O)CC1. The molecule has 0 atom stereocenters. The van der Waals surface area contributed by atoms with E-state index in [-0.39, 0.29) is 6.10 Å². The van der Waals surface area contributed by atoms with Gasteiger partial charge in [-0.15, -0.1) is 0 Å². The number of para-hydroxylation sites is 1. The van der Waals surface area contributed by atoms with Gasteiger partial charge in [0.2, 0.25) is 0 Å². The highest BCUT2D eigenvalue weighted by atomic mass is 16.5. The molecule has 100 valence electrons. The molecule has 0 radical (unpaired) electrons. The first kappa shape index (κ1) is 13.4. The molecule has 18 heavy (non-hydrogen) atoms. The number of hydrogen-bond acceptors (Lipinski definition) is 3. The van der Waals surface area contributed by atoms with Gasteiger partial charge in [0.25, 0.3) is 0 Å². The molecule has 1 aromatic carbocycles. The minimum Gasteiger partial charge on any atom is -0.496 e. The lowest BCUT2D eigenvalue weighted by atomic mass is 9.92. The third-order valence-electron chi connectivity index (χ3n) is 3.90. The van der Waals surface area contributed by atoms with Crippen LogP contribution in [0.4, 0.5) is 0 Å². The molecule has 3 nitrogen and oxygen atoms in total. The van der Waals surface area contributed by atoms with Crippen molar-refractivity contribution in [3.05, 3.63) is 29.8 Å². The van der Waals surface area contributed by atoms with Gasteiger partial charge in [-0.25, -0.2) is 0 Å². The molecule has 1 N–H and O–H groups in total. The molecule has 0 amide bonds. The van der Waals surface area contributed by atoms with Crippen molar-refractivity contribution < 1.29 is 9.84 Å². The Morgan fingerprint density at radius 2 is 1.89 bits per heavy atom. The highest BCUT2D eigenvalue weighted by Crippen LogP contribution is 2.25. The fraction of sp³-hybridized carbons (Fsp3) is 0.600. The van der Waals surface area contributed by atoms with Crippen molar-refractivity contribution in [2.24, 2.45) is 0 Å². The molecule has 0 unspecified atom stereocenters. The lowest BCUT2D eigenvalue weighted by molar-refractivity contribution is 0.0815. The number of aliphatic hydroxyl groups is 1. The minimum atomic E-state index is -0.0825. The Morgan fingerprint density at radius 3 is 2.56 bits per heavy atom. The zero-order chi connectivity index (χ0) is 13.0. The van der Waals surface area contributed by atoms with Crippen molar-refractivity contribution >= 4 is 0 Å². The largest absolute Gasteiger partial charge is 0.496 e. The maximum Gasteiger partial charge on any atom is 0.123 e. The molecule has 1 fully saturated rings. The molecule has 0 heterocycles. The zero-order valence-corrected chi connectivity index (χ0v) is 11.3. The Bertz CT molecular complexity index is 373. The first-order valence-electron chi connectivity index (χ1n) is 6.71. The van der Waals surface area contributed by atoms with E-state index in [2.05, 4.69) is 24.1 Å². The van der Waals surface area contributed by atoms with E-state index in [1.54, 1.807) is 7.11 Å². The quantitative estimate of drug-likeness (QED) is 0.889. The van der Waals surface area contributed by atoms with Crippen molar-refractivity contribution in [3.63, 3.8) is 0 Å². The van der Waals surface area contributed by atoms with Crippen LogP contribution in [0.15, 0.2) is 24.3 Å². The van der Waals surface area contributed by atoms with Crippen LogP contribution in [0.3, 0.4) is 0 Å². The molecule has 3 heteroatoms. The standard InChI is InChI=1S/C15H23NO2/c1-16(13-7-9-14(17)10-8-13)11-12-5-3-4-6-15(12)18-2/h3-6,13-14,17H,7-11H2,1-2H3. The summed E-state index contributed by atoms with van der Waals surface area (Å²) in [6, 6.07) is 8.76. The van der Waals surface area contributed by atoms with Crippen LogP contribution in [0.25, 0.3) is 0 Å². The van der Waals surface area contributed by atoms with Gasteiger partial charge < -0.3 is 9.84 Å². The molecule has 1 aliphatic rings. The van der Waals surface area contributed by atoms with Gasteiger partial charge in [-0.1, -0.05) is 18.2 Å². The molecular weight excluding hydrogens is 226 g/mol. The van der Waals surface area contributed by atoms with Gasteiger partial charge in [0.05, 0.1) is 13.2 Å². The van der Waals surface area contributed by atoms with Gasteiger partial charge in [0, 0.05) is 18.2 Å². The molecule has 1 aromatic rings. The molecule has 0 saturated heterocycles. The van der Waals surface area contributed by atoms with E-state index in [9.17, 15) is 5.11 Å². The Morgan fingerprint density at radius 1 is 1.22 bits per heavy atom. The summed E-state index contributed by atoms with van der Waals surface area (Å²) in [7, 11) is 3.88. The molecular formula is C15H23NO2. The molecule has 1 saturated carbocycles. The number of methoxy groups -OCH3 is 1. The summed E-state index contributed by atoms with van der Waals surface area (Å²) in [4.78, 5) is 2.38. The Hall–Kier alpha value is -1.06. The van der Waals surface area contributed by atoms with E-state index in [1.165, 1.54) is 5.56 Å².